The zero-order chi connectivity index (χ0) is 16.7. The molecule has 0 amide bonds. The molecule has 0 aliphatic carbocycles. The number of nitrogens with zero attached hydrogens (tertiary/aromatic N) is 1. The third-order valence-electron chi connectivity index (χ3n) is 2.62. The van der Waals surface area contributed by atoms with E-state index >= 15 is 0 Å². The summed E-state index contributed by atoms with van der Waals surface area (Å²) in [6.45, 7) is 0. The Morgan fingerprint density at radius 1 is 0.909 bits per heavy atom. The Labute approximate surface area is 127 Å². The van der Waals surface area contributed by atoms with E-state index in [9.17, 15) is 19.4 Å². The maximum absolute atomic E-state index is 12.8. The molecule has 0 radical (unpaired) electrons. The van der Waals surface area contributed by atoms with Crippen LogP contribution in [-0.4, -0.2) is 0 Å². The third kappa shape index (κ3) is 4.02. The van der Waals surface area contributed by atoms with Gasteiger partial charge in [-0.2, -0.15) is 5.26 Å². The molecule has 0 aliphatic heterocycles. The molecular weight excluding hydrogens is 347 g/mol. The fourth-order valence-corrected chi connectivity index (χ4v) is 2.65. The molecule has 0 atom stereocenters. The SMILES string of the molecule is N#Cc1ccc(Nc2cc(Cl)cc(S(F)(F)(F)(F)F)c2)cc1. The second kappa shape index (κ2) is 4.51. The Kier molecular flexibility index (Phi) is 3.36. The van der Waals surface area contributed by atoms with Crippen LogP contribution >= 0.6 is 21.8 Å². The Morgan fingerprint density at radius 3 is 2.00 bits per heavy atom. The van der Waals surface area contributed by atoms with E-state index in [2.05, 4.69) is 5.32 Å². The molecule has 9 heteroatoms. The lowest BCUT2D eigenvalue weighted by atomic mass is 10.2. The van der Waals surface area contributed by atoms with Crippen LogP contribution in [0, 0.1) is 11.3 Å². The van der Waals surface area contributed by atoms with Crippen LogP contribution in [0.4, 0.5) is 30.8 Å². The van der Waals surface area contributed by atoms with Crippen LogP contribution in [0.15, 0.2) is 47.4 Å². The number of halogens is 6. The molecule has 0 spiro atoms. The van der Waals surface area contributed by atoms with E-state index in [0.717, 1.165) is 6.07 Å². The van der Waals surface area contributed by atoms with Crippen molar-refractivity contribution in [1.82, 2.24) is 0 Å². The molecule has 2 aromatic carbocycles. The van der Waals surface area contributed by atoms with E-state index in [4.69, 9.17) is 16.9 Å². The van der Waals surface area contributed by atoms with Gasteiger partial charge in [0.15, 0.2) is 0 Å². The highest BCUT2D eigenvalue weighted by atomic mass is 35.5. The van der Waals surface area contributed by atoms with Gasteiger partial charge in [-0.3, -0.25) is 0 Å². The van der Waals surface area contributed by atoms with Gasteiger partial charge in [0.05, 0.1) is 11.6 Å². The lowest BCUT2D eigenvalue weighted by Crippen LogP contribution is -2.06. The molecule has 0 aromatic heterocycles. The van der Waals surface area contributed by atoms with Gasteiger partial charge >= 0.3 is 10.2 Å². The topological polar surface area (TPSA) is 35.8 Å². The van der Waals surface area contributed by atoms with Gasteiger partial charge in [0.2, 0.25) is 0 Å². The van der Waals surface area contributed by atoms with Gasteiger partial charge in [0, 0.05) is 16.4 Å². The molecule has 0 saturated heterocycles. The Balaban J connectivity index is 2.41. The summed E-state index contributed by atoms with van der Waals surface area (Å²) in [6.07, 6.45) is 0. The Hall–Kier alpha value is -1.98. The van der Waals surface area contributed by atoms with Crippen LogP contribution < -0.4 is 5.32 Å². The first kappa shape index (κ1) is 16.4. The second-order valence-corrected chi connectivity index (χ2v) is 7.30. The number of rotatable bonds is 3. The van der Waals surface area contributed by atoms with E-state index in [-0.39, 0.29) is 11.8 Å². The number of benzene rings is 2. The summed E-state index contributed by atoms with van der Waals surface area (Å²) >= 11 is 5.50. The van der Waals surface area contributed by atoms with Crippen molar-refractivity contribution in [3.63, 3.8) is 0 Å². The average Bonchev–Trinajstić information content (AvgIpc) is 2.36. The van der Waals surface area contributed by atoms with Crippen molar-refractivity contribution in [2.24, 2.45) is 0 Å². The Morgan fingerprint density at radius 2 is 1.50 bits per heavy atom. The average molecular weight is 355 g/mol. The van der Waals surface area contributed by atoms with Crippen molar-refractivity contribution in [3.8, 4) is 6.07 Å². The predicted octanol–water partition coefficient (Wildman–Crippen LogP) is 6.61. The van der Waals surface area contributed by atoms with Gasteiger partial charge in [-0.15, -0.1) is 0 Å². The van der Waals surface area contributed by atoms with Crippen molar-refractivity contribution < 1.29 is 19.4 Å². The van der Waals surface area contributed by atoms with Crippen LogP contribution in [0.3, 0.4) is 0 Å². The fourth-order valence-electron chi connectivity index (χ4n) is 1.65. The minimum Gasteiger partial charge on any atom is -0.355 e. The van der Waals surface area contributed by atoms with Gasteiger partial charge < -0.3 is 5.32 Å². The summed E-state index contributed by atoms with van der Waals surface area (Å²) < 4.78 is 64.1. The number of nitriles is 1. The predicted molar refractivity (Wildman–Crippen MR) is 77.3 cm³/mol. The first-order chi connectivity index (χ1) is 9.87. The second-order valence-electron chi connectivity index (χ2n) is 4.46. The van der Waals surface area contributed by atoms with Crippen LogP contribution in [0.2, 0.25) is 5.02 Å². The highest BCUT2D eigenvalue weighted by Gasteiger charge is 2.65. The standard InChI is InChI=1S/C13H8ClF5N2S/c14-10-5-12(7-13(6-10)22(15,16,17,18)19)21-11-3-1-9(8-20)2-4-11/h1-7,21H. The summed E-state index contributed by atoms with van der Waals surface area (Å²) in [5, 5.41) is 10.7. The van der Waals surface area contributed by atoms with E-state index in [1.54, 1.807) is 0 Å². The number of anilines is 2. The summed E-state index contributed by atoms with van der Waals surface area (Å²) in [5.74, 6) is 0. The molecule has 2 rings (SSSR count). The maximum atomic E-state index is 12.8. The van der Waals surface area contributed by atoms with Gasteiger partial charge in [-0.05, 0) is 42.5 Å². The minimum absolute atomic E-state index is 0.188. The first-order valence-electron chi connectivity index (χ1n) is 5.69. The minimum atomic E-state index is -9.81. The van der Waals surface area contributed by atoms with Gasteiger partial charge in [0.1, 0.15) is 4.90 Å². The quantitative estimate of drug-likeness (QED) is 0.629. The molecule has 1 N–H and O–H groups in total. The molecule has 0 heterocycles. The molecule has 0 unspecified atom stereocenters. The van der Waals surface area contributed by atoms with Gasteiger partial charge in [-0.25, -0.2) is 0 Å². The van der Waals surface area contributed by atoms with Crippen LogP contribution in [0.25, 0.3) is 0 Å². The van der Waals surface area contributed by atoms with Crippen molar-refractivity contribution >= 4 is 33.2 Å². The molecule has 2 aromatic rings. The van der Waals surface area contributed by atoms with E-state index in [1.807, 2.05) is 6.07 Å². The maximum Gasteiger partial charge on any atom is 0.310 e. The number of hydrogen-bond acceptors (Lipinski definition) is 2. The zero-order valence-corrected chi connectivity index (χ0v) is 12.2. The summed E-state index contributed by atoms with van der Waals surface area (Å²) in [5.41, 5.74) is 0.444. The van der Waals surface area contributed by atoms with Crippen LogP contribution in [-0.2, 0) is 0 Å². The lowest BCUT2D eigenvalue weighted by molar-refractivity contribution is 0.364. The molecule has 0 saturated carbocycles. The van der Waals surface area contributed by atoms with Crippen molar-refractivity contribution in [2.45, 2.75) is 4.90 Å². The molecule has 0 fully saturated rings. The monoisotopic (exact) mass is 354 g/mol. The van der Waals surface area contributed by atoms with E-state index < -0.39 is 20.1 Å². The van der Waals surface area contributed by atoms with Crippen molar-refractivity contribution in [2.75, 3.05) is 5.32 Å². The first-order valence-corrected chi connectivity index (χ1v) is 8.02. The highest BCUT2D eigenvalue weighted by Crippen LogP contribution is 3.02. The third-order valence-corrected chi connectivity index (χ3v) is 3.96. The smallest absolute Gasteiger partial charge is 0.310 e. The van der Waals surface area contributed by atoms with Crippen LogP contribution in [0.1, 0.15) is 5.56 Å². The number of hydrogen-bond donors (Lipinski definition) is 1. The van der Waals surface area contributed by atoms with Crippen LogP contribution in [0.5, 0.6) is 0 Å². The largest absolute Gasteiger partial charge is 0.355 e. The molecule has 2 nitrogen and oxygen atoms in total. The van der Waals surface area contributed by atoms with Crippen molar-refractivity contribution in [3.05, 3.63) is 53.1 Å². The van der Waals surface area contributed by atoms with E-state index in [0.29, 0.717) is 17.3 Å². The lowest BCUT2D eigenvalue weighted by Gasteiger charge is -2.40. The molecule has 0 aliphatic rings. The molecular formula is C13H8ClF5N2S. The summed E-state index contributed by atoms with van der Waals surface area (Å²) in [6, 6.07) is 9.17. The molecule has 0 bridgehead atoms. The molecule has 118 valence electrons. The van der Waals surface area contributed by atoms with Crippen molar-refractivity contribution in [1.29, 1.82) is 5.26 Å². The summed E-state index contributed by atoms with van der Waals surface area (Å²) in [7, 11) is -9.81. The van der Waals surface area contributed by atoms with Gasteiger partial charge in [-0.1, -0.05) is 31.0 Å². The molecule has 22 heavy (non-hydrogen) atoms. The van der Waals surface area contributed by atoms with Gasteiger partial charge in [0.25, 0.3) is 0 Å². The highest BCUT2D eigenvalue weighted by molar-refractivity contribution is 8.45. The normalized spacial score (nSPS) is 14.6. The summed E-state index contributed by atoms with van der Waals surface area (Å²) in [4.78, 5) is -2.07. The fraction of sp³-hybridized carbons (Fsp3) is 0. The number of nitrogens with one attached hydrogen (secondary N) is 1. The zero-order valence-electron chi connectivity index (χ0n) is 10.7. The van der Waals surface area contributed by atoms with E-state index in [1.165, 1.54) is 24.3 Å². The Bertz CT molecular complexity index is 766.